The number of hydrogen-bond donors (Lipinski definition) is 4. The van der Waals surface area contributed by atoms with Gasteiger partial charge in [0.15, 0.2) is 6.61 Å². The van der Waals surface area contributed by atoms with Gasteiger partial charge >= 0.3 is 0 Å². The summed E-state index contributed by atoms with van der Waals surface area (Å²) < 4.78 is 16.4. The average molecular weight is 547 g/mol. The maximum atomic E-state index is 12.3. The second-order valence-electron chi connectivity index (χ2n) is 9.55. The molecule has 0 unspecified atom stereocenters. The molecule has 2 amide bonds. The van der Waals surface area contributed by atoms with Crippen LogP contribution in [0.5, 0.6) is 11.5 Å². The van der Waals surface area contributed by atoms with Crippen molar-refractivity contribution in [1.29, 1.82) is 5.41 Å². The minimum absolute atomic E-state index is 0.0955. The van der Waals surface area contributed by atoms with Crippen LogP contribution >= 0.6 is 11.6 Å². The van der Waals surface area contributed by atoms with Gasteiger partial charge in [-0.3, -0.25) is 9.59 Å². The van der Waals surface area contributed by atoms with Crippen LogP contribution in [0, 0.1) is 5.41 Å². The molecule has 10 heteroatoms. The zero-order chi connectivity index (χ0) is 28.0. The summed E-state index contributed by atoms with van der Waals surface area (Å²) in [5.74, 6) is 0.450. The van der Waals surface area contributed by atoms with Crippen LogP contribution in [-0.2, 0) is 20.7 Å². The fraction of sp³-hybridized carbons (Fsp3) is 0.464. The Balaban J connectivity index is 1.65. The lowest BCUT2D eigenvalue weighted by Gasteiger charge is -2.26. The highest BCUT2D eigenvalue weighted by atomic mass is 35.5. The maximum Gasteiger partial charge on any atom is 0.258 e. The summed E-state index contributed by atoms with van der Waals surface area (Å²) in [7, 11) is 1.70. The number of carbonyl (C=O) groups excluding carboxylic acids is 2. The van der Waals surface area contributed by atoms with Gasteiger partial charge < -0.3 is 36.0 Å². The van der Waals surface area contributed by atoms with Gasteiger partial charge in [-0.25, -0.2) is 0 Å². The molecule has 38 heavy (non-hydrogen) atoms. The van der Waals surface area contributed by atoms with Crippen molar-refractivity contribution in [1.82, 2.24) is 10.6 Å². The minimum atomic E-state index is -0.463. The molecule has 0 radical (unpaired) electrons. The molecule has 9 nitrogen and oxygen atoms in total. The number of ether oxygens (including phenoxy) is 3. The van der Waals surface area contributed by atoms with E-state index >= 15 is 0 Å². The normalized spacial score (nSPS) is 11.2. The largest absolute Gasteiger partial charge is 0.494 e. The molecule has 0 aliphatic heterocycles. The first-order valence-corrected chi connectivity index (χ1v) is 13.0. The SMILES string of the molecule is COCCc1ccc(OCCCNC(C)(C)CNC(=O)COc2ccc(C(=N)CCC(N)=O)cc2Cl)cc1. The molecule has 0 heterocycles. The Bertz CT molecular complexity index is 1060. The molecule has 2 aromatic rings. The van der Waals surface area contributed by atoms with E-state index in [-0.39, 0.29) is 41.6 Å². The molecule has 0 bridgehead atoms. The smallest absolute Gasteiger partial charge is 0.258 e. The van der Waals surface area contributed by atoms with E-state index in [0.717, 1.165) is 25.1 Å². The van der Waals surface area contributed by atoms with Gasteiger partial charge in [0, 0.05) is 31.3 Å². The van der Waals surface area contributed by atoms with E-state index < -0.39 is 5.91 Å². The Kier molecular flexibility index (Phi) is 13.1. The van der Waals surface area contributed by atoms with Crippen LogP contribution in [0.3, 0.4) is 0 Å². The van der Waals surface area contributed by atoms with Gasteiger partial charge in [0.2, 0.25) is 5.91 Å². The number of rotatable bonds is 18. The van der Waals surface area contributed by atoms with Crippen LogP contribution in [0.4, 0.5) is 0 Å². The molecule has 5 N–H and O–H groups in total. The van der Waals surface area contributed by atoms with Crippen molar-refractivity contribution in [3.63, 3.8) is 0 Å². The Morgan fingerprint density at radius 3 is 2.45 bits per heavy atom. The molecule has 0 spiro atoms. The van der Waals surface area contributed by atoms with E-state index in [9.17, 15) is 9.59 Å². The zero-order valence-corrected chi connectivity index (χ0v) is 23.2. The van der Waals surface area contributed by atoms with Crippen molar-refractivity contribution >= 4 is 29.1 Å². The summed E-state index contributed by atoms with van der Waals surface area (Å²) in [5, 5.41) is 14.6. The topological polar surface area (TPSA) is 136 Å². The van der Waals surface area contributed by atoms with Crippen molar-refractivity contribution in [3.8, 4) is 11.5 Å². The molecular formula is C28H39ClN4O5. The molecule has 0 aromatic heterocycles. The van der Waals surface area contributed by atoms with E-state index in [1.807, 2.05) is 38.1 Å². The number of benzene rings is 2. The number of nitrogens with two attached hydrogens (primary N) is 1. The fourth-order valence-corrected chi connectivity index (χ4v) is 3.67. The Morgan fingerprint density at radius 1 is 1.05 bits per heavy atom. The van der Waals surface area contributed by atoms with Crippen LogP contribution in [0.25, 0.3) is 0 Å². The number of carbonyl (C=O) groups is 2. The van der Waals surface area contributed by atoms with Crippen LogP contribution in [0.15, 0.2) is 42.5 Å². The van der Waals surface area contributed by atoms with Gasteiger partial charge in [0.1, 0.15) is 11.5 Å². The van der Waals surface area contributed by atoms with Crippen molar-refractivity contribution in [2.24, 2.45) is 5.73 Å². The summed E-state index contributed by atoms with van der Waals surface area (Å²) in [6, 6.07) is 12.9. The Hall–Kier alpha value is -3.14. The lowest BCUT2D eigenvalue weighted by atomic mass is 10.1. The number of halogens is 1. The zero-order valence-electron chi connectivity index (χ0n) is 22.4. The van der Waals surface area contributed by atoms with Crippen molar-refractivity contribution in [3.05, 3.63) is 58.6 Å². The van der Waals surface area contributed by atoms with Crippen molar-refractivity contribution < 1.29 is 23.8 Å². The molecule has 0 saturated heterocycles. The van der Waals surface area contributed by atoms with E-state index in [0.29, 0.717) is 31.1 Å². The highest BCUT2D eigenvalue weighted by Gasteiger charge is 2.18. The van der Waals surface area contributed by atoms with Gasteiger partial charge in [-0.15, -0.1) is 0 Å². The molecule has 0 fully saturated rings. The molecule has 0 saturated carbocycles. The third-order valence-corrected chi connectivity index (χ3v) is 5.99. The summed E-state index contributed by atoms with van der Waals surface area (Å²) >= 11 is 6.25. The lowest BCUT2D eigenvalue weighted by Crippen LogP contribution is -2.50. The predicted molar refractivity (Wildman–Crippen MR) is 149 cm³/mol. The van der Waals surface area contributed by atoms with E-state index in [1.165, 1.54) is 5.56 Å². The highest BCUT2D eigenvalue weighted by molar-refractivity contribution is 6.32. The monoisotopic (exact) mass is 546 g/mol. The van der Waals surface area contributed by atoms with E-state index in [4.69, 9.17) is 37.0 Å². The van der Waals surface area contributed by atoms with Crippen molar-refractivity contribution in [2.45, 2.75) is 45.1 Å². The van der Waals surface area contributed by atoms with E-state index in [1.54, 1.807) is 25.3 Å². The highest BCUT2D eigenvalue weighted by Crippen LogP contribution is 2.26. The second kappa shape index (κ2) is 16.0. The summed E-state index contributed by atoms with van der Waals surface area (Å²) in [6.45, 7) is 6.28. The summed E-state index contributed by atoms with van der Waals surface area (Å²) in [5.41, 5.74) is 6.85. The third kappa shape index (κ3) is 11.9. The number of methoxy groups -OCH3 is 1. The standard InChI is InChI=1S/C28H39ClN4O5/c1-28(2,33-14-4-15-37-22-8-5-20(6-9-22)13-16-36-3)19-32-27(35)18-38-25-11-7-21(17-23(25)29)24(30)10-12-26(31)34/h5-9,11,17,30,33H,4,10,12-16,18-19H2,1-3H3,(H2,31,34)(H,32,35). The first-order chi connectivity index (χ1) is 18.1. The summed E-state index contributed by atoms with van der Waals surface area (Å²) in [4.78, 5) is 23.2. The predicted octanol–water partition coefficient (Wildman–Crippen LogP) is 3.49. The number of hydrogen-bond acceptors (Lipinski definition) is 7. The van der Waals surface area contributed by atoms with Gasteiger partial charge in [-0.1, -0.05) is 23.7 Å². The molecule has 208 valence electrons. The van der Waals surface area contributed by atoms with Gasteiger partial charge in [-0.2, -0.15) is 0 Å². The van der Waals surface area contributed by atoms with E-state index in [2.05, 4.69) is 10.6 Å². The summed E-state index contributed by atoms with van der Waals surface area (Å²) in [6.07, 6.45) is 2.03. The van der Waals surface area contributed by atoms with Gasteiger partial charge in [0.05, 0.1) is 18.2 Å². The second-order valence-corrected chi connectivity index (χ2v) is 9.96. The minimum Gasteiger partial charge on any atom is -0.494 e. The molecule has 0 aliphatic carbocycles. The van der Waals surface area contributed by atoms with Crippen LogP contribution < -0.4 is 25.8 Å². The molecule has 0 atom stereocenters. The van der Waals surface area contributed by atoms with Crippen molar-refractivity contribution in [2.75, 3.05) is 40.0 Å². The van der Waals surface area contributed by atoms with Crippen LogP contribution in [0.1, 0.15) is 44.2 Å². The first kappa shape index (κ1) is 31.1. The van der Waals surface area contributed by atoms with Crippen LogP contribution in [0.2, 0.25) is 5.02 Å². The third-order valence-electron chi connectivity index (χ3n) is 5.70. The maximum absolute atomic E-state index is 12.3. The molecular weight excluding hydrogens is 508 g/mol. The fourth-order valence-electron chi connectivity index (χ4n) is 3.44. The van der Waals surface area contributed by atoms with Gasteiger partial charge in [0.25, 0.3) is 5.91 Å². The average Bonchev–Trinajstić information content (AvgIpc) is 2.89. The Morgan fingerprint density at radius 2 is 1.79 bits per heavy atom. The number of amides is 2. The Labute approximate surface area is 229 Å². The van der Waals surface area contributed by atoms with Crippen LogP contribution in [-0.4, -0.2) is 63.1 Å². The number of nitrogens with one attached hydrogen (secondary N) is 3. The first-order valence-electron chi connectivity index (χ1n) is 12.6. The molecule has 0 aliphatic rings. The van der Waals surface area contributed by atoms with Gasteiger partial charge in [-0.05, 0) is 81.1 Å². The number of primary amides is 1. The molecule has 2 rings (SSSR count). The quantitative estimate of drug-likeness (QED) is 0.167. The molecule has 2 aromatic carbocycles. The lowest BCUT2D eigenvalue weighted by molar-refractivity contribution is -0.123.